The van der Waals surface area contributed by atoms with Gasteiger partial charge in [0, 0.05) is 32.0 Å². The van der Waals surface area contributed by atoms with Crippen molar-refractivity contribution in [3.63, 3.8) is 0 Å². The number of nitrogens with zero attached hydrogens (tertiary/aromatic N) is 4. The van der Waals surface area contributed by atoms with E-state index in [1.54, 1.807) is 27.7 Å². The molecule has 0 unspecified atom stereocenters. The molecule has 170 valence electrons. The number of hydrogen-bond acceptors (Lipinski definition) is 4. The lowest BCUT2D eigenvalue weighted by Gasteiger charge is -2.29. The average Bonchev–Trinajstić information content (AvgIpc) is 2.94. The number of primary amides is 1. The quantitative estimate of drug-likeness (QED) is 0.703. The van der Waals surface area contributed by atoms with Crippen LogP contribution < -0.4 is 5.73 Å². The largest absolute Gasteiger partial charge is 0.431 e. The van der Waals surface area contributed by atoms with Gasteiger partial charge in [-0.3, -0.25) is 9.59 Å². The van der Waals surface area contributed by atoms with E-state index in [4.69, 9.17) is 17.3 Å². The molecule has 0 aromatic carbocycles. The number of carbonyl (C=O) groups is 2. The molecule has 11 heteroatoms. The molecule has 7 nitrogen and oxygen atoms in total. The highest BCUT2D eigenvalue weighted by Gasteiger charge is 2.43. The van der Waals surface area contributed by atoms with Gasteiger partial charge in [-0.05, 0) is 40.2 Å². The molecular weight excluding hydrogens is 435 g/mol. The first kappa shape index (κ1) is 24.6. The zero-order valence-electron chi connectivity index (χ0n) is 18.1. The van der Waals surface area contributed by atoms with Crippen LogP contribution >= 0.6 is 11.6 Å². The highest BCUT2D eigenvalue weighted by Crippen LogP contribution is 2.42. The van der Waals surface area contributed by atoms with Crippen LogP contribution in [0.15, 0.2) is 12.4 Å². The first-order valence-corrected chi connectivity index (χ1v) is 9.82. The Hall–Kier alpha value is -2.62. The van der Waals surface area contributed by atoms with Crippen molar-refractivity contribution < 1.29 is 22.8 Å². The van der Waals surface area contributed by atoms with E-state index in [-0.39, 0.29) is 34.2 Å². The van der Waals surface area contributed by atoms with Crippen LogP contribution in [0.2, 0.25) is 5.02 Å². The van der Waals surface area contributed by atoms with Crippen molar-refractivity contribution in [3.05, 3.63) is 34.4 Å². The van der Waals surface area contributed by atoms with Crippen LogP contribution in [0.4, 0.5) is 13.2 Å². The average molecular weight is 460 g/mol. The lowest BCUT2D eigenvalue weighted by Crippen LogP contribution is -2.44. The summed E-state index contributed by atoms with van der Waals surface area (Å²) in [5.41, 5.74) is 2.93. The molecule has 2 N–H and O–H groups in total. The van der Waals surface area contributed by atoms with Gasteiger partial charge in [0.2, 0.25) is 5.91 Å². The summed E-state index contributed by atoms with van der Waals surface area (Å²) in [6, 6.07) is -0.701. The van der Waals surface area contributed by atoms with E-state index in [0.29, 0.717) is 0 Å². The minimum Gasteiger partial charge on any atom is -0.369 e. The Kier molecular flexibility index (Phi) is 6.75. The summed E-state index contributed by atoms with van der Waals surface area (Å²) in [6.45, 7) is 7.38. The Bertz CT molecular complexity index is 998. The van der Waals surface area contributed by atoms with Gasteiger partial charge in [-0.15, -0.1) is 0 Å². The number of rotatable bonds is 6. The van der Waals surface area contributed by atoms with Crippen molar-refractivity contribution in [2.24, 2.45) is 11.1 Å². The fourth-order valence-electron chi connectivity index (χ4n) is 3.42. The highest BCUT2D eigenvalue weighted by molar-refractivity contribution is 6.30. The zero-order valence-corrected chi connectivity index (χ0v) is 18.9. The first-order chi connectivity index (χ1) is 14.1. The maximum Gasteiger partial charge on any atom is 0.431 e. The third kappa shape index (κ3) is 4.84. The number of halogens is 4. The minimum atomic E-state index is -4.72. The fraction of sp³-hybridized carbons (Fsp3) is 0.500. The maximum atomic E-state index is 14.0. The summed E-state index contributed by atoms with van der Waals surface area (Å²) in [7, 11) is 1.40. The van der Waals surface area contributed by atoms with Gasteiger partial charge in [0.25, 0.3) is 5.91 Å². The van der Waals surface area contributed by atoms with E-state index in [2.05, 4.69) is 9.97 Å². The molecule has 0 aliphatic heterocycles. The van der Waals surface area contributed by atoms with Gasteiger partial charge in [0.1, 0.15) is 11.4 Å². The molecule has 2 amide bonds. The van der Waals surface area contributed by atoms with Crippen molar-refractivity contribution in [3.8, 4) is 11.4 Å². The monoisotopic (exact) mass is 459 g/mol. The summed E-state index contributed by atoms with van der Waals surface area (Å²) in [6.07, 6.45) is -2.23. The second kappa shape index (κ2) is 8.49. The number of aromatic nitrogens is 3. The maximum absolute atomic E-state index is 14.0. The molecule has 0 saturated carbocycles. The van der Waals surface area contributed by atoms with Crippen molar-refractivity contribution in [2.45, 2.75) is 46.8 Å². The zero-order chi connectivity index (χ0) is 23.9. The third-order valence-corrected chi connectivity index (χ3v) is 5.12. The molecule has 0 atom stereocenters. The van der Waals surface area contributed by atoms with Crippen molar-refractivity contribution in [1.82, 2.24) is 19.4 Å². The summed E-state index contributed by atoms with van der Waals surface area (Å²) in [5.74, 6) is -1.41. The Morgan fingerprint density at radius 3 is 2.16 bits per heavy atom. The minimum absolute atomic E-state index is 0.0357. The highest BCUT2D eigenvalue weighted by atomic mass is 35.5. The van der Waals surface area contributed by atoms with Crippen LogP contribution in [0.1, 0.15) is 55.5 Å². The molecule has 0 spiro atoms. The predicted octanol–water partition coefficient (Wildman–Crippen LogP) is 4.09. The molecule has 0 bridgehead atoms. The van der Waals surface area contributed by atoms with Crippen LogP contribution in [-0.2, 0) is 11.0 Å². The summed E-state index contributed by atoms with van der Waals surface area (Å²) in [4.78, 5) is 34.4. The van der Waals surface area contributed by atoms with Crippen molar-refractivity contribution in [1.29, 1.82) is 0 Å². The van der Waals surface area contributed by atoms with Crippen LogP contribution in [0.5, 0.6) is 0 Å². The molecule has 2 heterocycles. The van der Waals surface area contributed by atoms with Gasteiger partial charge in [0.05, 0.1) is 16.0 Å². The van der Waals surface area contributed by atoms with Gasteiger partial charge >= 0.3 is 6.18 Å². The van der Waals surface area contributed by atoms with E-state index in [9.17, 15) is 22.8 Å². The van der Waals surface area contributed by atoms with E-state index >= 15 is 0 Å². The topological polar surface area (TPSA) is 94.1 Å². The lowest BCUT2D eigenvalue weighted by molar-refractivity contribution is -0.144. The third-order valence-electron chi connectivity index (χ3n) is 4.93. The van der Waals surface area contributed by atoms with E-state index in [1.807, 2.05) is 0 Å². The molecule has 31 heavy (non-hydrogen) atoms. The molecule has 0 aliphatic rings. The molecule has 0 fully saturated rings. The molecule has 0 saturated heterocycles. The Morgan fingerprint density at radius 1 is 1.23 bits per heavy atom. The summed E-state index contributed by atoms with van der Waals surface area (Å²) >= 11 is 5.82. The van der Waals surface area contributed by atoms with E-state index in [0.717, 1.165) is 4.57 Å². The first-order valence-electron chi connectivity index (χ1n) is 9.44. The molecule has 0 aliphatic carbocycles. The molecule has 0 radical (unpaired) electrons. The summed E-state index contributed by atoms with van der Waals surface area (Å²) < 4.78 is 43.0. The number of hydrogen-bond donors (Lipinski definition) is 1. The van der Waals surface area contributed by atoms with Gasteiger partial charge in [-0.1, -0.05) is 11.6 Å². The smallest absolute Gasteiger partial charge is 0.369 e. The van der Waals surface area contributed by atoms with Crippen LogP contribution in [0.25, 0.3) is 11.4 Å². The molecular formula is C20H25ClF3N5O2. The number of alkyl halides is 3. The van der Waals surface area contributed by atoms with Gasteiger partial charge in [-0.2, -0.15) is 13.2 Å². The van der Waals surface area contributed by atoms with Crippen LogP contribution in [0, 0.1) is 12.3 Å². The van der Waals surface area contributed by atoms with E-state index in [1.165, 1.54) is 31.3 Å². The number of nitrogens with two attached hydrogens (primary N) is 1. The van der Waals surface area contributed by atoms with Crippen molar-refractivity contribution in [2.75, 3.05) is 13.6 Å². The van der Waals surface area contributed by atoms with Gasteiger partial charge in [0.15, 0.2) is 5.82 Å². The molecule has 2 aromatic rings. The molecule has 2 rings (SSSR count). The second-order valence-electron chi connectivity index (χ2n) is 8.29. The Morgan fingerprint density at radius 2 is 1.74 bits per heavy atom. The van der Waals surface area contributed by atoms with E-state index < -0.39 is 35.1 Å². The predicted molar refractivity (Wildman–Crippen MR) is 111 cm³/mol. The van der Waals surface area contributed by atoms with Crippen LogP contribution in [-0.4, -0.2) is 44.8 Å². The Balaban J connectivity index is 2.81. The Labute approximate surface area is 183 Å². The lowest BCUT2D eigenvalue weighted by atomic mass is 9.92. The van der Waals surface area contributed by atoms with Gasteiger partial charge in [-0.25, -0.2) is 9.97 Å². The van der Waals surface area contributed by atoms with Gasteiger partial charge < -0.3 is 15.2 Å². The molecule has 2 aromatic heterocycles. The SMILES string of the molecule is Cc1c(-c2ncc(Cl)cn2)c(C(=O)N(C)CC(C)(C)C(N)=O)n(C(C)C)c1C(F)(F)F. The normalized spacial score (nSPS) is 12.4. The number of amides is 2. The van der Waals surface area contributed by atoms with Crippen LogP contribution in [0.3, 0.4) is 0 Å². The number of carbonyl (C=O) groups excluding carboxylic acids is 2. The fourth-order valence-corrected chi connectivity index (χ4v) is 3.52. The second-order valence-corrected chi connectivity index (χ2v) is 8.73. The standard InChI is InChI=1S/C20H25ClF3N5O2/c1-10(2)29-14(17(30)28(6)9-19(4,5)18(25)31)13(11(3)15(29)20(22,23)24)16-26-7-12(21)8-27-16/h7-8,10H,9H2,1-6H3,(H2,25,31). The summed E-state index contributed by atoms with van der Waals surface area (Å²) in [5, 5.41) is 0.203. The van der Waals surface area contributed by atoms with Crippen molar-refractivity contribution >= 4 is 23.4 Å².